The lowest BCUT2D eigenvalue weighted by Crippen LogP contribution is -2.40. The lowest BCUT2D eigenvalue weighted by atomic mass is 9.92. The van der Waals surface area contributed by atoms with Gasteiger partial charge in [0.05, 0.1) is 17.8 Å². The van der Waals surface area contributed by atoms with Gasteiger partial charge in [-0.3, -0.25) is 9.59 Å². The van der Waals surface area contributed by atoms with Crippen LogP contribution < -0.4 is 5.32 Å². The molecule has 1 heterocycles. The Morgan fingerprint density at radius 1 is 1.13 bits per heavy atom. The van der Waals surface area contributed by atoms with E-state index in [1.165, 1.54) is 4.90 Å². The van der Waals surface area contributed by atoms with Crippen molar-refractivity contribution in [2.24, 2.45) is 0 Å². The molecule has 0 spiro atoms. The van der Waals surface area contributed by atoms with E-state index in [4.69, 9.17) is 16.7 Å². The zero-order chi connectivity index (χ0) is 23.4. The monoisotopic (exact) mass is 446 g/mol. The molecule has 0 saturated carbocycles. The van der Waals surface area contributed by atoms with Gasteiger partial charge >= 0.3 is 0 Å². The van der Waals surface area contributed by atoms with E-state index < -0.39 is 5.38 Å². The summed E-state index contributed by atoms with van der Waals surface area (Å²) in [7, 11) is 0. The van der Waals surface area contributed by atoms with Crippen LogP contribution in [0.2, 0.25) is 0 Å². The fraction of sp³-hybridized carbons (Fsp3) is 0.542. The quantitative estimate of drug-likeness (QED) is 0.602. The van der Waals surface area contributed by atoms with Gasteiger partial charge in [0.1, 0.15) is 11.2 Å². The Labute approximate surface area is 191 Å². The molecule has 1 aromatic heterocycles. The van der Waals surface area contributed by atoms with Crippen LogP contribution in [0.5, 0.6) is 0 Å². The summed E-state index contributed by atoms with van der Waals surface area (Å²) in [5.74, 6) is 0.0750. The van der Waals surface area contributed by atoms with Gasteiger partial charge in [-0.05, 0) is 32.8 Å². The Bertz CT molecular complexity index is 895. The summed E-state index contributed by atoms with van der Waals surface area (Å²) in [6.45, 7) is 14.7. The highest BCUT2D eigenvalue weighted by Crippen LogP contribution is 2.28. The number of hydrogen-bond donors (Lipinski definition) is 1. The number of halogens is 1. The number of carbonyl (C=O) groups is 2. The number of nitrogens with one attached hydrogen (secondary N) is 1. The third kappa shape index (κ3) is 6.57. The molecule has 0 bridgehead atoms. The summed E-state index contributed by atoms with van der Waals surface area (Å²) in [5, 5.41) is 6.86. The van der Waals surface area contributed by atoms with Crippen LogP contribution in [0.25, 0.3) is 0 Å². The molecule has 1 unspecified atom stereocenters. The fourth-order valence-corrected chi connectivity index (χ4v) is 3.45. The normalized spacial score (nSPS) is 13.0. The molecule has 31 heavy (non-hydrogen) atoms. The van der Waals surface area contributed by atoms with E-state index in [0.29, 0.717) is 12.4 Å². The maximum Gasteiger partial charge on any atom is 0.245 e. The van der Waals surface area contributed by atoms with Gasteiger partial charge in [-0.2, -0.15) is 5.10 Å². The minimum Gasteiger partial charge on any atom is -0.332 e. The Morgan fingerprint density at radius 3 is 2.26 bits per heavy atom. The van der Waals surface area contributed by atoms with Crippen LogP contribution in [0.15, 0.2) is 36.4 Å². The molecule has 0 aliphatic heterocycles. The number of benzene rings is 1. The summed E-state index contributed by atoms with van der Waals surface area (Å²) >= 11 is 6.43. The highest BCUT2D eigenvalue weighted by molar-refractivity contribution is 6.30. The molecule has 6 nitrogen and oxygen atoms in total. The maximum absolute atomic E-state index is 13.0. The van der Waals surface area contributed by atoms with E-state index in [-0.39, 0.29) is 29.3 Å². The first-order valence-corrected chi connectivity index (χ1v) is 11.2. The van der Waals surface area contributed by atoms with E-state index in [9.17, 15) is 9.59 Å². The molecule has 0 saturated heterocycles. The molecular weight excluding hydrogens is 412 g/mol. The van der Waals surface area contributed by atoms with Gasteiger partial charge in [0, 0.05) is 18.0 Å². The van der Waals surface area contributed by atoms with Crippen molar-refractivity contribution in [2.75, 3.05) is 18.4 Å². The zero-order valence-electron chi connectivity index (χ0n) is 19.7. The number of hydrogen-bond acceptors (Lipinski definition) is 3. The number of nitrogens with zero attached hydrogens (tertiary/aromatic N) is 3. The Hall–Kier alpha value is -2.34. The number of aromatic nitrogens is 2. The third-order valence-electron chi connectivity index (χ3n) is 4.83. The first-order chi connectivity index (χ1) is 14.3. The number of carbonyl (C=O) groups excluding carboxylic acids is 2. The molecular formula is C24H35ClN4O2. The predicted molar refractivity (Wildman–Crippen MR) is 126 cm³/mol. The lowest BCUT2D eigenvalue weighted by Gasteiger charge is -2.25. The van der Waals surface area contributed by atoms with Gasteiger partial charge in [-0.25, -0.2) is 4.68 Å². The molecule has 0 radical (unpaired) electrons. The van der Waals surface area contributed by atoms with Crippen LogP contribution in [-0.4, -0.2) is 39.6 Å². The SMILES string of the molecule is CCCN(CC(=O)Nc1cc(C(C)(C)C)nn1C(C)(C)C)C(=O)C(Cl)c1ccccc1. The second-order valence-electron chi connectivity index (χ2n) is 9.83. The number of alkyl halides is 1. The van der Waals surface area contributed by atoms with Crippen LogP contribution in [0.1, 0.15) is 71.5 Å². The molecule has 1 N–H and O–H groups in total. The lowest BCUT2D eigenvalue weighted by molar-refractivity contribution is -0.134. The molecule has 2 aromatic rings. The van der Waals surface area contributed by atoms with Gasteiger partial charge in [0.25, 0.3) is 0 Å². The molecule has 2 rings (SSSR count). The molecule has 0 fully saturated rings. The van der Waals surface area contributed by atoms with E-state index in [0.717, 1.165) is 17.7 Å². The van der Waals surface area contributed by atoms with Crippen molar-refractivity contribution in [3.63, 3.8) is 0 Å². The first kappa shape index (κ1) is 24.9. The van der Waals surface area contributed by atoms with Crippen molar-refractivity contribution in [1.82, 2.24) is 14.7 Å². The Morgan fingerprint density at radius 2 is 1.74 bits per heavy atom. The van der Waals surface area contributed by atoms with Crippen molar-refractivity contribution in [3.8, 4) is 0 Å². The topological polar surface area (TPSA) is 67.2 Å². The fourth-order valence-electron chi connectivity index (χ4n) is 3.17. The molecule has 0 aliphatic carbocycles. The van der Waals surface area contributed by atoms with E-state index in [1.54, 1.807) is 0 Å². The minimum absolute atomic E-state index is 0.0666. The molecule has 0 aliphatic rings. The van der Waals surface area contributed by atoms with Gasteiger partial charge in [0.15, 0.2) is 0 Å². The number of amides is 2. The van der Waals surface area contributed by atoms with Crippen molar-refractivity contribution in [2.45, 2.75) is 71.2 Å². The zero-order valence-corrected chi connectivity index (χ0v) is 20.5. The van der Waals surface area contributed by atoms with Crippen LogP contribution >= 0.6 is 11.6 Å². The summed E-state index contributed by atoms with van der Waals surface area (Å²) < 4.78 is 1.83. The average molecular weight is 447 g/mol. The van der Waals surface area contributed by atoms with Gasteiger partial charge in [0.2, 0.25) is 11.8 Å². The Balaban J connectivity index is 2.20. The Kier molecular flexibility index (Phi) is 7.93. The highest BCUT2D eigenvalue weighted by atomic mass is 35.5. The molecule has 7 heteroatoms. The van der Waals surface area contributed by atoms with Crippen molar-refractivity contribution >= 4 is 29.2 Å². The molecule has 1 atom stereocenters. The summed E-state index contributed by atoms with van der Waals surface area (Å²) in [6.07, 6.45) is 0.728. The summed E-state index contributed by atoms with van der Waals surface area (Å²) in [4.78, 5) is 27.4. The molecule has 170 valence electrons. The first-order valence-electron chi connectivity index (χ1n) is 10.7. The van der Waals surface area contributed by atoms with Crippen molar-refractivity contribution < 1.29 is 9.59 Å². The number of rotatable bonds is 7. The molecule has 2 amide bonds. The second kappa shape index (κ2) is 9.86. The standard InChI is InChI=1S/C24H35ClN4O2/c1-8-14-28(22(31)21(25)17-12-10-9-11-13-17)16-20(30)26-19-15-18(23(2,3)4)27-29(19)24(5,6)7/h9-13,15,21H,8,14,16H2,1-7H3,(H,26,30). The second-order valence-corrected chi connectivity index (χ2v) is 10.3. The largest absolute Gasteiger partial charge is 0.332 e. The van der Waals surface area contributed by atoms with Crippen molar-refractivity contribution in [1.29, 1.82) is 0 Å². The smallest absolute Gasteiger partial charge is 0.245 e. The van der Waals surface area contributed by atoms with Crippen molar-refractivity contribution in [3.05, 3.63) is 47.7 Å². The average Bonchev–Trinajstić information content (AvgIpc) is 3.12. The van der Waals surface area contributed by atoms with Crippen LogP contribution in [-0.2, 0) is 20.5 Å². The van der Waals surface area contributed by atoms with Crippen LogP contribution in [0.3, 0.4) is 0 Å². The predicted octanol–water partition coefficient (Wildman–Crippen LogP) is 5.09. The molecule has 1 aromatic carbocycles. The summed E-state index contributed by atoms with van der Waals surface area (Å²) in [6, 6.07) is 11.1. The number of anilines is 1. The highest BCUT2D eigenvalue weighted by Gasteiger charge is 2.28. The maximum atomic E-state index is 13.0. The minimum atomic E-state index is -0.826. The van der Waals surface area contributed by atoms with Gasteiger partial charge in [-0.15, -0.1) is 11.6 Å². The van der Waals surface area contributed by atoms with E-state index in [1.807, 2.05) is 68.8 Å². The van der Waals surface area contributed by atoms with Crippen LogP contribution in [0.4, 0.5) is 5.82 Å². The van der Waals surface area contributed by atoms with Gasteiger partial charge < -0.3 is 10.2 Å². The van der Waals surface area contributed by atoms with Crippen LogP contribution in [0, 0.1) is 0 Å². The third-order valence-corrected chi connectivity index (χ3v) is 5.27. The van der Waals surface area contributed by atoms with E-state index >= 15 is 0 Å². The van der Waals surface area contributed by atoms with E-state index in [2.05, 4.69) is 26.1 Å². The van der Waals surface area contributed by atoms with Gasteiger partial charge in [-0.1, -0.05) is 58.0 Å². The summed E-state index contributed by atoms with van der Waals surface area (Å²) in [5.41, 5.74) is 1.15.